The molecular weight excluding hydrogens is 276 g/mol. The molecule has 20 heavy (non-hydrogen) atoms. The Morgan fingerprint density at radius 2 is 2.10 bits per heavy atom. The molecule has 0 aliphatic carbocycles. The predicted molar refractivity (Wildman–Crippen MR) is 80.1 cm³/mol. The summed E-state index contributed by atoms with van der Waals surface area (Å²) in [5.74, 6) is 0.664. The molecule has 2 N–H and O–H groups in total. The molecule has 0 atom stereocenters. The molecule has 5 heteroatoms. The van der Waals surface area contributed by atoms with Crippen LogP contribution in [-0.2, 0) is 6.54 Å². The second-order valence-electron chi connectivity index (χ2n) is 4.77. The number of hydrogen-bond donors (Lipinski definition) is 2. The van der Waals surface area contributed by atoms with E-state index in [0.717, 1.165) is 11.4 Å². The second kappa shape index (κ2) is 6.48. The number of carbonyl (C=O) groups is 1. The van der Waals surface area contributed by atoms with Crippen molar-refractivity contribution < 1.29 is 9.21 Å². The SMILES string of the molecule is CC(C)NC(=O)c1cccc(NCc2ccc(Cl)o2)c1. The molecule has 1 heterocycles. The molecule has 106 valence electrons. The Morgan fingerprint density at radius 3 is 2.75 bits per heavy atom. The largest absolute Gasteiger partial charge is 0.448 e. The van der Waals surface area contributed by atoms with Crippen LogP contribution in [0.4, 0.5) is 5.69 Å². The van der Waals surface area contributed by atoms with Crippen LogP contribution in [0.2, 0.25) is 5.22 Å². The average Bonchev–Trinajstić information content (AvgIpc) is 2.82. The molecular formula is C15H17ClN2O2. The zero-order valence-corrected chi connectivity index (χ0v) is 12.2. The number of furan rings is 1. The summed E-state index contributed by atoms with van der Waals surface area (Å²) in [4.78, 5) is 11.9. The zero-order valence-electron chi connectivity index (χ0n) is 11.4. The predicted octanol–water partition coefficient (Wildman–Crippen LogP) is 3.68. The first-order valence-corrected chi connectivity index (χ1v) is 6.81. The van der Waals surface area contributed by atoms with E-state index in [0.29, 0.717) is 17.3 Å². The Kier molecular flexibility index (Phi) is 4.69. The third-order valence-corrected chi connectivity index (χ3v) is 2.84. The number of halogens is 1. The van der Waals surface area contributed by atoms with Gasteiger partial charge in [0.15, 0.2) is 5.22 Å². The number of rotatable bonds is 5. The van der Waals surface area contributed by atoms with Crippen LogP contribution in [0.1, 0.15) is 30.0 Å². The van der Waals surface area contributed by atoms with Gasteiger partial charge in [-0.25, -0.2) is 0 Å². The first kappa shape index (κ1) is 14.5. The fraction of sp³-hybridized carbons (Fsp3) is 0.267. The number of amides is 1. The molecule has 0 unspecified atom stereocenters. The fourth-order valence-electron chi connectivity index (χ4n) is 1.75. The number of anilines is 1. The van der Waals surface area contributed by atoms with Crippen molar-refractivity contribution in [2.75, 3.05) is 5.32 Å². The van der Waals surface area contributed by atoms with Gasteiger partial charge in [0.05, 0.1) is 6.54 Å². The van der Waals surface area contributed by atoms with Crippen LogP contribution in [0.15, 0.2) is 40.8 Å². The highest BCUT2D eigenvalue weighted by atomic mass is 35.5. The van der Waals surface area contributed by atoms with Crippen molar-refractivity contribution in [2.24, 2.45) is 0 Å². The Bertz CT molecular complexity index is 593. The summed E-state index contributed by atoms with van der Waals surface area (Å²) in [5.41, 5.74) is 1.48. The van der Waals surface area contributed by atoms with Gasteiger partial charge in [0.1, 0.15) is 5.76 Å². The minimum absolute atomic E-state index is 0.0790. The smallest absolute Gasteiger partial charge is 0.251 e. The summed E-state index contributed by atoms with van der Waals surface area (Å²) in [6.07, 6.45) is 0. The summed E-state index contributed by atoms with van der Waals surface area (Å²) >= 11 is 5.71. The van der Waals surface area contributed by atoms with Gasteiger partial charge in [0.2, 0.25) is 0 Å². The number of nitrogens with one attached hydrogen (secondary N) is 2. The lowest BCUT2D eigenvalue weighted by molar-refractivity contribution is 0.0943. The van der Waals surface area contributed by atoms with E-state index in [1.807, 2.05) is 38.1 Å². The Labute approximate surface area is 123 Å². The van der Waals surface area contributed by atoms with E-state index in [1.165, 1.54) is 0 Å². The molecule has 0 radical (unpaired) electrons. The number of benzene rings is 1. The van der Waals surface area contributed by atoms with Crippen molar-refractivity contribution in [1.82, 2.24) is 5.32 Å². The molecule has 1 aromatic heterocycles. The van der Waals surface area contributed by atoms with E-state index in [9.17, 15) is 4.79 Å². The maximum absolute atomic E-state index is 11.9. The first-order valence-electron chi connectivity index (χ1n) is 6.43. The molecule has 0 aliphatic rings. The van der Waals surface area contributed by atoms with E-state index >= 15 is 0 Å². The van der Waals surface area contributed by atoms with Crippen molar-refractivity contribution in [1.29, 1.82) is 0 Å². The molecule has 0 fully saturated rings. The van der Waals surface area contributed by atoms with Crippen LogP contribution < -0.4 is 10.6 Å². The lowest BCUT2D eigenvalue weighted by atomic mass is 10.1. The van der Waals surface area contributed by atoms with Crippen molar-refractivity contribution in [3.8, 4) is 0 Å². The lowest BCUT2D eigenvalue weighted by Crippen LogP contribution is -2.30. The molecule has 0 aliphatic heterocycles. The van der Waals surface area contributed by atoms with Crippen LogP contribution in [0, 0.1) is 0 Å². The van der Waals surface area contributed by atoms with E-state index in [1.54, 1.807) is 12.1 Å². The molecule has 1 aromatic carbocycles. The summed E-state index contributed by atoms with van der Waals surface area (Å²) in [6.45, 7) is 4.38. The van der Waals surface area contributed by atoms with Crippen LogP contribution in [0.25, 0.3) is 0 Å². The van der Waals surface area contributed by atoms with Gasteiger partial charge in [-0.15, -0.1) is 0 Å². The summed E-state index contributed by atoms with van der Waals surface area (Å²) in [7, 11) is 0. The van der Waals surface area contributed by atoms with Gasteiger partial charge in [-0.3, -0.25) is 4.79 Å². The Morgan fingerprint density at radius 1 is 1.30 bits per heavy atom. The fourth-order valence-corrected chi connectivity index (χ4v) is 1.91. The third-order valence-electron chi connectivity index (χ3n) is 2.64. The maximum Gasteiger partial charge on any atom is 0.251 e. The summed E-state index contributed by atoms with van der Waals surface area (Å²) < 4.78 is 5.26. The van der Waals surface area contributed by atoms with Gasteiger partial charge >= 0.3 is 0 Å². The van der Waals surface area contributed by atoms with E-state index in [2.05, 4.69) is 10.6 Å². The molecule has 4 nitrogen and oxygen atoms in total. The quantitative estimate of drug-likeness (QED) is 0.884. The molecule has 0 bridgehead atoms. The topological polar surface area (TPSA) is 54.3 Å². The summed E-state index contributed by atoms with van der Waals surface area (Å²) in [6, 6.07) is 11.0. The van der Waals surface area contributed by atoms with Crippen LogP contribution in [0.3, 0.4) is 0 Å². The van der Waals surface area contributed by atoms with Gasteiger partial charge in [-0.1, -0.05) is 6.07 Å². The van der Waals surface area contributed by atoms with E-state index in [-0.39, 0.29) is 11.9 Å². The number of hydrogen-bond acceptors (Lipinski definition) is 3. The Balaban J connectivity index is 2.00. The van der Waals surface area contributed by atoms with Gasteiger partial charge < -0.3 is 15.1 Å². The zero-order chi connectivity index (χ0) is 14.5. The number of carbonyl (C=O) groups excluding carboxylic acids is 1. The molecule has 2 aromatic rings. The van der Waals surface area contributed by atoms with Crippen molar-refractivity contribution >= 4 is 23.2 Å². The Hall–Kier alpha value is -1.94. The summed E-state index contributed by atoms with van der Waals surface area (Å²) in [5, 5.41) is 6.42. The van der Waals surface area contributed by atoms with Crippen molar-refractivity contribution in [3.63, 3.8) is 0 Å². The lowest BCUT2D eigenvalue weighted by Gasteiger charge is -2.10. The molecule has 0 saturated heterocycles. The second-order valence-corrected chi connectivity index (χ2v) is 5.14. The molecule has 0 saturated carbocycles. The molecule has 2 rings (SSSR count). The van der Waals surface area contributed by atoms with Crippen LogP contribution in [-0.4, -0.2) is 11.9 Å². The normalized spacial score (nSPS) is 10.6. The van der Waals surface area contributed by atoms with Crippen LogP contribution in [0.5, 0.6) is 0 Å². The maximum atomic E-state index is 11.9. The standard InChI is InChI=1S/C15H17ClN2O2/c1-10(2)18-15(19)11-4-3-5-12(8-11)17-9-13-6-7-14(16)20-13/h3-8,10,17H,9H2,1-2H3,(H,18,19). The molecule has 0 spiro atoms. The van der Waals surface area contributed by atoms with E-state index in [4.69, 9.17) is 16.0 Å². The minimum Gasteiger partial charge on any atom is -0.448 e. The minimum atomic E-state index is -0.0790. The first-order chi connectivity index (χ1) is 9.54. The van der Waals surface area contributed by atoms with Gasteiger partial charge in [-0.2, -0.15) is 0 Å². The van der Waals surface area contributed by atoms with Crippen molar-refractivity contribution in [3.05, 3.63) is 52.9 Å². The van der Waals surface area contributed by atoms with Crippen LogP contribution >= 0.6 is 11.6 Å². The van der Waals surface area contributed by atoms with E-state index < -0.39 is 0 Å². The van der Waals surface area contributed by atoms with Crippen molar-refractivity contribution in [2.45, 2.75) is 26.4 Å². The van der Waals surface area contributed by atoms with Gasteiger partial charge in [-0.05, 0) is 55.8 Å². The highest BCUT2D eigenvalue weighted by Gasteiger charge is 2.07. The highest BCUT2D eigenvalue weighted by molar-refractivity contribution is 6.28. The van der Waals surface area contributed by atoms with Gasteiger partial charge in [0, 0.05) is 17.3 Å². The third kappa shape index (κ3) is 4.03. The monoisotopic (exact) mass is 292 g/mol. The molecule has 1 amide bonds. The van der Waals surface area contributed by atoms with Gasteiger partial charge in [0.25, 0.3) is 5.91 Å². The highest BCUT2D eigenvalue weighted by Crippen LogP contribution is 2.16. The average molecular weight is 293 g/mol.